The second-order valence-electron chi connectivity index (χ2n) is 19.6. The molecule has 1 rings (SSSR count). The zero-order valence-electron chi connectivity index (χ0n) is 43.4. The molecule has 0 saturated carbocycles. The second kappa shape index (κ2) is 30.9. The average Bonchev–Trinajstić information content (AvgIpc) is 3.30. The number of aromatic hydroxyl groups is 1. The van der Waals surface area contributed by atoms with Gasteiger partial charge in [-0.15, -0.1) is 0 Å². The number of aliphatic hydroxyl groups excluding tert-OH is 1. The Morgan fingerprint density at radius 2 is 0.945 bits per heavy atom. The minimum Gasteiger partial charge on any atom is -0.508 e. The van der Waals surface area contributed by atoms with Crippen LogP contribution in [0.25, 0.3) is 0 Å². The van der Waals surface area contributed by atoms with Crippen molar-refractivity contribution in [3.8, 4) is 5.75 Å². The highest BCUT2D eigenvalue weighted by Crippen LogP contribution is 2.16. The standard InChI is InChI=1S/C48H79N11O14/c1-11-26(10)39(47(71)58-37(24(6)7)45(69)55-32(48(72)73)18-22(2)3)59-46(70)38(25(8)9)57-42(66)30(19-27-12-14-28(61)15-13-27)53-41(65)31(20-35(50)63)54-40(64)29(16-17-34(49)62)52-43(67)33(21-60)56-44(68)36(51)23(4)5/h12-15,22-26,29-33,36-39,60-61H,11,16-21,51H2,1-10H3,(H2,49,62)(H2,50,63)(H,52,67)(H,53,65)(H,54,64)(H,55,69)(H,56,68)(H,57,66)(H,58,71)(H,59,70)(H,72,73)/t26-,29-,30-,31-,32-,33-,36-,37-,38-,39-/m0/s1. The summed E-state index contributed by atoms with van der Waals surface area (Å²) in [7, 11) is 0. The van der Waals surface area contributed by atoms with Gasteiger partial charge in [-0.1, -0.05) is 87.8 Å². The molecule has 25 nitrogen and oxygen atoms in total. The second-order valence-corrected chi connectivity index (χ2v) is 19.6. The predicted molar refractivity (Wildman–Crippen MR) is 266 cm³/mol. The van der Waals surface area contributed by atoms with E-state index in [1.54, 1.807) is 69.2 Å². The van der Waals surface area contributed by atoms with E-state index in [-0.39, 0.29) is 30.4 Å². The molecule has 0 heterocycles. The largest absolute Gasteiger partial charge is 0.508 e. The number of aliphatic carboxylic acids is 1. The van der Waals surface area contributed by atoms with Crippen LogP contribution in [0.2, 0.25) is 0 Å². The van der Waals surface area contributed by atoms with Crippen LogP contribution in [0, 0.1) is 29.6 Å². The number of amides is 10. The normalized spacial score (nSPS) is 15.5. The van der Waals surface area contributed by atoms with E-state index in [1.165, 1.54) is 24.3 Å². The zero-order chi connectivity index (χ0) is 56.0. The van der Waals surface area contributed by atoms with Gasteiger partial charge in [0.25, 0.3) is 0 Å². The van der Waals surface area contributed by atoms with Gasteiger partial charge in [0.05, 0.1) is 19.1 Å². The molecule has 0 unspecified atom stereocenters. The predicted octanol–water partition coefficient (Wildman–Crippen LogP) is -2.58. The van der Waals surface area contributed by atoms with Gasteiger partial charge in [0.15, 0.2) is 0 Å². The number of carbonyl (C=O) groups excluding carboxylic acids is 10. The number of benzene rings is 1. The van der Waals surface area contributed by atoms with Gasteiger partial charge < -0.3 is 75.1 Å². The molecular weight excluding hydrogens is 955 g/mol. The van der Waals surface area contributed by atoms with Crippen molar-refractivity contribution in [1.82, 2.24) is 42.5 Å². The number of nitrogens with one attached hydrogen (secondary N) is 8. The highest BCUT2D eigenvalue weighted by molar-refractivity contribution is 5.99. The van der Waals surface area contributed by atoms with Gasteiger partial charge in [-0.3, -0.25) is 47.9 Å². The van der Waals surface area contributed by atoms with Crippen LogP contribution in [0.5, 0.6) is 5.75 Å². The number of carboxylic acids is 1. The number of primary amides is 2. The lowest BCUT2D eigenvalue weighted by Gasteiger charge is -2.31. The lowest BCUT2D eigenvalue weighted by atomic mass is 9.94. The van der Waals surface area contributed by atoms with Crippen LogP contribution in [-0.2, 0) is 59.2 Å². The third kappa shape index (κ3) is 22.2. The summed E-state index contributed by atoms with van der Waals surface area (Å²) in [5, 5.41) is 49.4. The molecule has 0 radical (unpaired) electrons. The maximum atomic E-state index is 14.3. The van der Waals surface area contributed by atoms with Crippen LogP contribution in [0.3, 0.4) is 0 Å². The molecule has 10 atom stereocenters. The SMILES string of the molecule is CC[C@H](C)[C@H](NC(=O)[C@@H](NC(=O)[C@H](Cc1ccc(O)cc1)NC(=O)[C@H](CC(N)=O)NC(=O)[C@H](CCC(N)=O)NC(=O)[C@H](CO)NC(=O)[C@@H](N)C(C)C)C(C)C)C(=O)N[C@H](C(=O)N[C@@H](CC(C)C)C(=O)O)C(C)C. The first-order chi connectivity index (χ1) is 33.9. The van der Waals surface area contributed by atoms with Crippen molar-refractivity contribution in [2.24, 2.45) is 46.8 Å². The number of hydrogen-bond acceptors (Lipinski definition) is 14. The molecule has 17 N–H and O–H groups in total. The Hall–Kier alpha value is -6.89. The maximum absolute atomic E-state index is 14.3. The van der Waals surface area contributed by atoms with E-state index in [9.17, 15) is 68.1 Å². The molecule has 10 amide bonds. The molecule has 0 bridgehead atoms. The lowest BCUT2D eigenvalue weighted by Crippen LogP contribution is -2.62. The van der Waals surface area contributed by atoms with E-state index >= 15 is 0 Å². The van der Waals surface area contributed by atoms with Crippen LogP contribution < -0.4 is 59.7 Å². The average molecular weight is 1030 g/mol. The van der Waals surface area contributed by atoms with E-state index in [2.05, 4.69) is 42.5 Å². The Balaban J connectivity index is 3.58. The van der Waals surface area contributed by atoms with Crippen molar-refractivity contribution in [2.75, 3.05) is 6.61 Å². The van der Waals surface area contributed by atoms with Crippen molar-refractivity contribution in [3.05, 3.63) is 29.8 Å². The number of rotatable bonds is 32. The van der Waals surface area contributed by atoms with Gasteiger partial charge in [-0.25, -0.2) is 4.79 Å². The summed E-state index contributed by atoms with van der Waals surface area (Å²) in [6.45, 7) is 15.8. The van der Waals surface area contributed by atoms with Crippen LogP contribution >= 0.6 is 0 Å². The van der Waals surface area contributed by atoms with Gasteiger partial charge in [0, 0.05) is 12.8 Å². The van der Waals surface area contributed by atoms with E-state index < -0.39 is 163 Å². The minimum atomic E-state index is -1.84. The van der Waals surface area contributed by atoms with Crippen LogP contribution in [-0.4, -0.2) is 141 Å². The van der Waals surface area contributed by atoms with Crippen LogP contribution in [0.4, 0.5) is 0 Å². The van der Waals surface area contributed by atoms with Crippen molar-refractivity contribution in [1.29, 1.82) is 0 Å². The molecule has 0 aliphatic carbocycles. The molecule has 25 heteroatoms. The first-order valence-electron chi connectivity index (χ1n) is 24.3. The molecule has 0 aliphatic heterocycles. The Morgan fingerprint density at radius 3 is 1.41 bits per heavy atom. The van der Waals surface area contributed by atoms with E-state index in [1.807, 2.05) is 0 Å². The minimum absolute atomic E-state index is 0.0763. The number of carboxylic acid groups (broad SMARTS) is 1. The molecule has 0 aliphatic rings. The van der Waals surface area contributed by atoms with Gasteiger partial charge in [0.2, 0.25) is 59.1 Å². The van der Waals surface area contributed by atoms with Crippen LogP contribution in [0.15, 0.2) is 24.3 Å². The quantitative estimate of drug-likeness (QED) is 0.0353. The fourth-order valence-electron chi connectivity index (χ4n) is 7.09. The number of aliphatic hydroxyl groups is 1. The van der Waals surface area contributed by atoms with Gasteiger partial charge in [0.1, 0.15) is 54.1 Å². The van der Waals surface area contributed by atoms with E-state index in [0.717, 1.165) is 0 Å². The smallest absolute Gasteiger partial charge is 0.326 e. The highest BCUT2D eigenvalue weighted by atomic mass is 16.4. The summed E-state index contributed by atoms with van der Waals surface area (Å²) in [4.78, 5) is 146. The molecule has 1 aromatic carbocycles. The van der Waals surface area contributed by atoms with E-state index in [4.69, 9.17) is 17.2 Å². The fourth-order valence-corrected chi connectivity index (χ4v) is 7.09. The summed E-state index contributed by atoms with van der Waals surface area (Å²) >= 11 is 0. The molecule has 0 spiro atoms. The first kappa shape index (κ1) is 64.1. The Labute approximate surface area is 425 Å². The highest BCUT2D eigenvalue weighted by Gasteiger charge is 2.38. The molecule has 410 valence electrons. The molecule has 0 aromatic heterocycles. The zero-order valence-corrected chi connectivity index (χ0v) is 43.4. The van der Waals surface area contributed by atoms with Crippen molar-refractivity contribution < 1.29 is 68.1 Å². The topological polar surface area (TPSA) is 423 Å². The summed E-state index contributed by atoms with van der Waals surface area (Å²) in [6, 6.07) is -7.37. The van der Waals surface area contributed by atoms with E-state index in [0.29, 0.717) is 12.0 Å². The number of phenols is 1. The Bertz CT molecular complexity index is 2080. The Kier molecular flexibility index (Phi) is 27.1. The third-order valence-electron chi connectivity index (χ3n) is 11.8. The molecule has 0 saturated heterocycles. The van der Waals surface area contributed by atoms with Crippen LogP contribution in [0.1, 0.15) is 107 Å². The molecular formula is C48H79N11O14. The first-order valence-corrected chi connectivity index (χ1v) is 24.3. The lowest BCUT2D eigenvalue weighted by molar-refractivity contribution is -0.143. The summed E-state index contributed by atoms with van der Waals surface area (Å²) in [5.41, 5.74) is 17.0. The summed E-state index contributed by atoms with van der Waals surface area (Å²) in [5.74, 6) is -13.0. The molecule has 1 aromatic rings. The summed E-state index contributed by atoms with van der Waals surface area (Å²) in [6.07, 6.45) is -1.61. The third-order valence-corrected chi connectivity index (χ3v) is 11.8. The maximum Gasteiger partial charge on any atom is 0.326 e. The fraction of sp³-hybridized carbons (Fsp3) is 0.646. The van der Waals surface area contributed by atoms with Crippen molar-refractivity contribution >= 4 is 65.0 Å². The molecule has 73 heavy (non-hydrogen) atoms. The van der Waals surface area contributed by atoms with Gasteiger partial charge in [-0.05, 0) is 60.1 Å². The number of phenolic OH excluding ortho intramolecular Hbond substituents is 1. The summed E-state index contributed by atoms with van der Waals surface area (Å²) < 4.78 is 0. The number of hydrogen-bond donors (Lipinski definition) is 14. The van der Waals surface area contributed by atoms with Crippen molar-refractivity contribution in [2.45, 2.75) is 162 Å². The number of carbonyl (C=O) groups is 11. The molecule has 0 fully saturated rings. The van der Waals surface area contributed by atoms with Crippen molar-refractivity contribution in [3.63, 3.8) is 0 Å². The van der Waals surface area contributed by atoms with Gasteiger partial charge >= 0.3 is 5.97 Å². The Morgan fingerprint density at radius 1 is 0.521 bits per heavy atom. The number of nitrogens with two attached hydrogens (primary N) is 3. The monoisotopic (exact) mass is 1030 g/mol. The van der Waals surface area contributed by atoms with Gasteiger partial charge in [-0.2, -0.15) is 0 Å².